The van der Waals surface area contributed by atoms with Crippen LogP contribution in [0.2, 0.25) is 0 Å². The fourth-order valence-corrected chi connectivity index (χ4v) is 4.24. The fourth-order valence-electron chi connectivity index (χ4n) is 4.24. The first kappa shape index (κ1) is 11.9. The number of hydrogen-bond acceptors (Lipinski definition) is 3. The molecule has 0 amide bonds. The van der Waals surface area contributed by atoms with Gasteiger partial charge in [-0.3, -0.25) is 4.90 Å². The Morgan fingerprint density at radius 3 is 2.88 bits per heavy atom. The van der Waals surface area contributed by atoms with Crippen LogP contribution in [0, 0.1) is 0 Å². The number of piperidine rings is 1. The number of rotatable bonds is 3. The molecule has 3 atom stereocenters. The van der Waals surface area contributed by atoms with E-state index < -0.39 is 0 Å². The van der Waals surface area contributed by atoms with Crippen LogP contribution in [0.4, 0.5) is 0 Å². The molecule has 0 saturated carbocycles. The monoisotopic (exact) mass is 237 g/mol. The Labute approximate surface area is 106 Å². The second-order valence-corrected chi connectivity index (χ2v) is 5.99. The summed E-state index contributed by atoms with van der Waals surface area (Å²) in [4.78, 5) is 5.53. The van der Waals surface area contributed by atoms with Gasteiger partial charge in [-0.25, -0.2) is 0 Å². The smallest absolute Gasteiger partial charge is 0.0235 e. The van der Waals surface area contributed by atoms with E-state index in [1.54, 1.807) is 0 Å². The molecule has 0 aliphatic carbocycles. The maximum absolute atomic E-state index is 3.52. The molecule has 3 heteroatoms. The van der Waals surface area contributed by atoms with Gasteiger partial charge in [0.2, 0.25) is 0 Å². The molecule has 3 nitrogen and oxygen atoms in total. The van der Waals surface area contributed by atoms with Crippen molar-refractivity contribution in [2.24, 2.45) is 0 Å². The lowest BCUT2D eigenvalue weighted by molar-refractivity contribution is 0.0666. The van der Waals surface area contributed by atoms with E-state index in [0.29, 0.717) is 0 Å². The highest BCUT2D eigenvalue weighted by Gasteiger charge is 2.36. The zero-order valence-electron chi connectivity index (χ0n) is 11.2. The van der Waals surface area contributed by atoms with E-state index in [-0.39, 0.29) is 0 Å². The van der Waals surface area contributed by atoms with Crippen LogP contribution in [-0.2, 0) is 0 Å². The first-order valence-corrected chi connectivity index (χ1v) is 7.59. The highest BCUT2D eigenvalue weighted by Crippen LogP contribution is 2.30. The molecule has 0 aromatic carbocycles. The van der Waals surface area contributed by atoms with E-state index in [9.17, 15) is 0 Å². The zero-order chi connectivity index (χ0) is 11.7. The van der Waals surface area contributed by atoms with Crippen LogP contribution < -0.4 is 5.32 Å². The molecular weight excluding hydrogens is 210 g/mol. The van der Waals surface area contributed by atoms with Gasteiger partial charge in [0.1, 0.15) is 0 Å². The molecule has 0 radical (unpaired) electrons. The molecule has 3 aliphatic rings. The van der Waals surface area contributed by atoms with Crippen LogP contribution >= 0.6 is 0 Å². The Bertz CT molecular complexity index is 250. The number of nitrogens with zero attached hydrogens (tertiary/aromatic N) is 2. The molecule has 3 saturated heterocycles. The number of hydrogen-bond donors (Lipinski definition) is 1. The molecule has 3 rings (SSSR count). The van der Waals surface area contributed by atoms with Gasteiger partial charge in [-0.1, -0.05) is 6.92 Å². The highest BCUT2D eigenvalue weighted by atomic mass is 15.3. The summed E-state index contributed by atoms with van der Waals surface area (Å²) in [6, 6.07) is 2.60. The van der Waals surface area contributed by atoms with Crippen molar-refractivity contribution in [3.05, 3.63) is 0 Å². The standard InChI is InChI=1S/C14H27N3/c1-2-17(14-5-7-15-11-14)13-6-9-16-8-3-4-12(16)10-13/h12-15H,2-11H2,1H3. The average Bonchev–Trinajstić information content (AvgIpc) is 2.99. The average molecular weight is 237 g/mol. The van der Waals surface area contributed by atoms with Gasteiger partial charge in [0.25, 0.3) is 0 Å². The van der Waals surface area contributed by atoms with Crippen molar-refractivity contribution >= 4 is 0 Å². The Hall–Kier alpha value is -0.120. The van der Waals surface area contributed by atoms with Gasteiger partial charge in [-0.2, -0.15) is 0 Å². The summed E-state index contributed by atoms with van der Waals surface area (Å²) in [5.74, 6) is 0. The summed E-state index contributed by atoms with van der Waals surface area (Å²) in [6.07, 6.45) is 7.09. The van der Waals surface area contributed by atoms with Crippen molar-refractivity contribution in [3.8, 4) is 0 Å². The van der Waals surface area contributed by atoms with E-state index in [1.807, 2.05) is 0 Å². The van der Waals surface area contributed by atoms with Crippen LogP contribution in [0.25, 0.3) is 0 Å². The normalized spacial score (nSPS) is 38.8. The lowest BCUT2D eigenvalue weighted by atomic mass is 9.95. The molecular formula is C14H27N3. The first-order chi connectivity index (χ1) is 8.38. The fraction of sp³-hybridized carbons (Fsp3) is 1.00. The molecule has 98 valence electrons. The summed E-state index contributed by atoms with van der Waals surface area (Å²) >= 11 is 0. The second kappa shape index (κ2) is 5.25. The van der Waals surface area contributed by atoms with Crippen molar-refractivity contribution in [3.63, 3.8) is 0 Å². The van der Waals surface area contributed by atoms with Crippen molar-refractivity contribution in [2.75, 3.05) is 32.7 Å². The van der Waals surface area contributed by atoms with E-state index in [4.69, 9.17) is 0 Å². The maximum Gasteiger partial charge on any atom is 0.0235 e. The zero-order valence-corrected chi connectivity index (χ0v) is 11.2. The molecule has 0 aromatic heterocycles. The summed E-state index contributed by atoms with van der Waals surface area (Å²) in [5.41, 5.74) is 0. The molecule has 3 fully saturated rings. The predicted octanol–water partition coefficient (Wildman–Crippen LogP) is 1.30. The third kappa shape index (κ3) is 2.38. The summed E-state index contributed by atoms with van der Waals surface area (Å²) in [6.45, 7) is 8.76. The Morgan fingerprint density at radius 1 is 1.18 bits per heavy atom. The number of nitrogens with one attached hydrogen (secondary N) is 1. The molecule has 0 bridgehead atoms. The van der Waals surface area contributed by atoms with Crippen molar-refractivity contribution in [2.45, 2.75) is 57.2 Å². The van der Waals surface area contributed by atoms with E-state index >= 15 is 0 Å². The minimum absolute atomic E-state index is 0.818. The SMILES string of the molecule is CCN(C1CCNC1)C1CCN2CCCC2C1. The van der Waals surface area contributed by atoms with Gasteiger partial charge in [0.05, 0.1) is 0 Å². The molecule has 17 heavy (non-hydrogen) atoms. The summed E-state index contributed by atoms with van der Waals surface area (Å²) in [5, 5.41) is 3.52. The van der Waals surface area contributed by atoms with Crippen LogP contribution in [-0.4, -0.2) is 60.6 Å². The van der Waals surface area contributed by atoms with Crippen LogP contribution in [0.15, 0.2) is 0 Å². The Balaban J connectivity index is 1.62. The lowest BCUT2D eigenvalue weighted by Gasteiger charge is -2.42. The second-order valence-electron chi connectivity index (χ2n) is 5.99. The number of likely N-dealkylation sites (N-methyl/N-ethyl adjacent to an activating group) is 1. The predicted molar refractivity (Wildman–Crippen MR) is 71.3 cm³/mol. The topological polar surface area (TPSA) is 18.5 Å². The van der Waals surface area contributed by atoms with Gasteiger partial charge in [0.15, 0.2) is 0 Å². The van der Waals surface area contributed by atoms with Gasteiger partial charge < -0.3 is 10.2 Å². The maximum atomic E-state index is 3.52. The van der Waals surface area contributed by atoms with Crippen molar-refractivity contribution in [1.82, 2.24) is 15.1 Å². The van der Waals surface area contributed by atoms with E-state index in [0.717, 1.165) is 18.1 Å². The summed E-state index contributed by atoms with van der Waals surface area (Å²) in [7, 11) is 0. The minimum Gasteiger partial charge on any atom is -0.315 e. The summed E-state index contributed by atoms with van der Waals surface area (Å²) < 4.78 is 0. The molecule has 3 heterocycles. The highest BCUT2D eigenvalue weighted by molar-refractivity contribution is 4.93. The Morgan fingerprint density at radius 2 is 2.12 bits per heavy atom. The van der Waals surface area contributed by atoms with Crippen LogP contribution in [0.3, 0.4) is 0 Å². The quantitative estimate of drug-likeness (QED) is 0.798. The molecule has 0 spiro atoms. The van der Waals surface area contributed by atoms with Crippen LogP contribution in [0.5, 0.6) is 0 Å². The molecule has 1 N–H and O–H groups in total. The molecule has 0 aromatic rings. The third-order valence-corrected chi connectivity index (χ3v) is 5.13. The van der Waals surface area contributed by atoms with E-state index in [2.05, 4.69) is 22.0 Å². The van der Waals surface area contributed by atoms with Crippen molar-refractivity contribution < 1.29 is 0 Å². The largest absolute Gasteiger partial charge is 0.315 e. The van der Waals surface area contributed by atoms with E-state index in [1.165, 1.54) is 64.8 Å². The molecule has 3 aliphatic heterocycles. The first-order valence-electron chi connectivity index (χ1n) is 7.59. The lowest BCUT2D eigenvalue weighted by Crippen LogP contribution is -2.51. The number of fused-ring (bicyclic) bond motifs is 1. The molecule has 3 unspecified atom stereocenters. The minimum atomic E-state index is 0.818. The van der Waals surface area contributed by atoms with Gasteiger partial charge in [0, 0.05) is 24.7 Å². The van der Waals surface area contributed by atoms with Gasteiger partial charge in [-0.05, 0) is 58.3 Å². The van der Waals surface area contributed by atoms with Gasteiger partial charge in [-0.15, -0.1) is 0 Å². The Kier molecular flexibility index (Phi) is 3.69. The van der Waals surface area contributed by atoms with Crippen molar-refractivity contribution in [1.29, 1.82) is 0 Å². The van der Waals surface area contributed by atoms with Gasteiger partial charge >= 0.3 is 0 Å². The third-order valence-electron chi connectivity index (χ3n) is 5.13. The van der Waals surface area contributed by atoms with Crippen LogP contribution in [0.1, 0.15) is 39.0 Å².